The van der Waals surface area contributed by atoms with Gasteiger partial charge in [0.2, 0.25) is 0 Å². The van der Waals surface area contributed by atoms with E-state index in [0.717, 1.165) is 22.7 Å². The van der Waals surface area contributed by atoms with Gasteiger partial charge >= 0.3 is 0 Å². The van der Waals surface area contributed by atoms with Gasteiger partial charge in [-0.25, -0.2) is 0 Å². The second kappa shape index (κ2) is 20.0. The molecule has 0 atom stereocenters. The Labute approximate surface area is 535 Å². The SMILES string of the molecule is CC(C)(C)c1ccc(N2c3cc(-n4c5ccccc5c5ccccc54)cc4c3B(c3cc(-c5ccccc5-c5ccccc5)ccc3N4c3ccc(C(C)(C)C)cc3-c3ccc4ccc5cccc6ccc3c4c56)c3sc4ccc(-c5ccccc5)cc4c32)cc1. The Morgan fingerprint density at radius 3 is 1.59 bits per heavy atom. The average molecular weight is 1180 g/mol. The lowest BCUT2D eigenvalue weighted by Crippen LogP contribution is -2.60. The molecule has 0 aliphatic carbocycles. The number of anilines is 6. The Morgan fingerprint density at radius 1 is 0.330 bits per heavy atom. The topological polar surface area (TPSA) is 11.4 Å². The van der Waals surface area contributed by atoms with E-state index >= 15 is 0 Å². The Morgan fingerprint density at radius 2 is 0.901 bits per heavy atom. The third kappa shape index (κ3) is 8.27. The zero-order chi connectivity index (χ0) is 61.0. The number of fused-ring (bicyclic) bond motifs is 9. The summed E-state index contributed by atoms with van der Waals surface area (Å²) in [4.78, 5) is 5.34. The van der Waals surface area contributed by atoms with Crippen molar-refractivity contribution in [3.05, 3.63) is 290 Å². The number of thiophene rings is 1. The highest BCUT2D eigenvalue weighted by Crippen LogP contribution is 2.53. The van der Waals surface area contributed by atoms with E-state index in [2.05, 4.69) is 335 Å². The maximum Gasteiger partial charge on any atom is 0.264 e. The molecule has 0 saturated carbocycles. The van der Waals surface area contributed by atoms with Gasteiger partial charge in [0, 0.05) is 53.9 Å². The minimum absolute atomic E-state index is 0.0397. The van der Waals surface area contributed by atoms with Gasteiger partial charge in [-0.1, -0.05) is 254 Å². The summed E-state index contributed by atoms with van der Waals surface area (Å²) in [5.74, 6) is 0. The number of nitrogens with zero attached hydrogens (tertiary/aromatic N) is 3. The van der Waals surface area contributed by atoms with Gasteiger partial charge in [-0.05, 0) is 171 Å². The van der Waals surface area contributed by atoms with Crippen molar-refractivity contribution in [3.63, 3.8) is 0 Å². The smallest absolute Gasteiger partial charge is 0.264 e. The van der Waals surface area contributed by atoms with Crippen LogP contribution in [-0.4, -0.2) is 11.3 Å². The van der Waals surface area contributed by atoms with Crippen LogP contribution in [-0.2, 0) is 10.8 Å². The molecule has 0 unspecified atom stereocenters. The van der Waals surface area contributed by atoms with E-state index in [-0.39, 0.29) is 17.5 Å². The van der Waals surface area contributed by atoms with Gasteiger partial charge < -0.3 is 14.4 Å². The summed E-state index contributed by atoms with van der Waals surface area (Å²) in [7, 11) is 0. The number of benzene rings is 14. The molecule has 3 nitrogen and oxygen atoms in total. The second-order valence-electron chi connectivity index (χ2n) is 27.2. The van der Waals surface area contributed by atoms with Crippen molar-refractivity contribution in [2.24, 2.45) is 0 Å². The molecule has 2 aliphatic heterocycles. The quantitative estimate of drug-likeness (QED) is 0.116. The van der Waals surface area contributed by atoms with Crippen molar-refractivity contribution in [3.8, 4) is 50.2 Å². The van der Waals surface area contributed by atoms with Gasteiger partial charge in [-0.2, -0.15) is 0 Å². The van der Waals surface area contributed by atoms with E-state index in [1.54, 1.807) is 0 Å². The lowest BCUT2D eigenvalue weighted by atomic mass is 9.36. The molecule has 2 aliphatic rings. The monoisotopic (exact) mass is 1180 g/mol. The first-order chi connectivity index (χ1) is 44.4. The van der Waals surface area contributed by atoms with Crippen molar-refractivity contribution >= 4 is 132 Å². The van der Waals surface area contributed by atoms with Crippen LogP contribution in [0.4, 0.5) is 34.1 Å². The summed E-state index contributed by atoms with van der Waals surface area (Å²) < 4.78 is 5.14. The molecule has 0 spiro atoms. The number of rotatable bonds is 7. The zero-order valence-corrected chi connectivity index (χ0v) is 52.7. The largest absolute Gasteiger partial charge is 0.311 e. The fourth-order valence-electron chi connectivity index (χ4n) is 15.4. The Kier molecular flexibility index (Phi) is 11.8. The Hall–Kier alpha value is -10.5. The van der Waals surface area contributed by atoms with Gasteiger partial charge in [-0.15, -0.1) is 11.3 Å². The molecule has 91 heavy (non-hydrogen) atoms. The molecule has 18 rings (SSSR count). The summed E-state index contributed by atoms with van der Waals surface area (Å²) in [6.45, 7) is 13.9. The lowest BCUT2D eigenvalue weighted by molar-refractivity contribution is 0.590. The van der Waals surface area contributed by atoms with E-state index in [0.29, 0.717) is 0 Å². The molecule has 0 amide bonds. The summed E-state index contributed by atoms with van der Waals surface area (Å²) in [5.41, 5.74) is 25.1. The fourth-order valence-corrected chi connectivity index (χ4v) is 16.7. The molecular formula is C86H64BN3S. The lowest BCUT2D eigenvalue weighted by Gasteiger charge is -2.44. The fraction of sp³-hybridized carbons (Fsp3) is 0.0930. The normalized spacial score (nSPS) is 13.1. The molecule has 4 heterocycles. The third-order valence-electron chi connectivity index (χ3n) is 19.8. The summed E-state index contributed by atoms with van der Waals surface area (Å²) in [6, 6.07) is 106. The second-order valence-corrected chi connectivity index (χ2v) is 28.3. The molecule has 0 fully saturated rings. The van der Waals surface area contributed by atoms with Crippen LogP contribution in [0.3, 0.4) is 0 Å². The summed E-state index contributed by atoms with van der Waals surface area (Å²) in [6.07, 6.45) is 0. The maximum absolute atomic E-state index is 2.68. The third-order valence-corrected chi connectivity index (χ3v) is 21.1. The molecule has 432 valence electrons. The predicted molar refractivity (Wildman–Crippen MR) is 393 cm³/mol. The van der Waals surface area contributed by atoms with E-state index in [4.69, 9.17) is 0 Å². The van der Waals surface area contributed by atoms with Crippen molar-refractivity contribution in [2.45, 2.75) is 52.4 Å². The zero-order valence-electron chi connectivity index (χ0n) is 51.9. The van der Waals surface area contributed by atoms with Crippen LogP contribution in [0.2, 0.25) is 0 Å². The minimum Gasteiger partial charge on any atom is -0.311 e. The highest BCUT2D eigenvalue weighted by Gasteiger charge is 2.46. The van der Waals surface area contributed by atoms with Gasteiger partial charge in [0.15, 0.2) is 0 Å². The van der Waals surface area contributed by atoms with Crippen LogP contribution in [0.25, 0.3) is 114 Å². The van der Waals surface area contributed by atoms with Crippen LogP contribution < -0.4 is 25.5 Å². The van der Waals surface area contributed by atoms with Gasteiger partial charge in [-0.3, -0.25) is 0 Å². The molecule has 5 heteroatoms. The van der Waals surface area contributed by atoms with Gasteiger partial charge in [0.1, 0.15) is 0 Å². The van der Waals surface area contributed by atoms with Crippen LogP contribution in [0.15, 0.2) is 279 Å². The Balaban J connectivity index is 1.00. The predicted octanol–water partition coefficient (Wildman–Crippen LogP) is 22.2. The molecule has 14 aromatic carbocycles. The van der Waals surface area contributed by atoms with E-state index in [9.17, 15) is 0 Å². The molecule has 0 radical (unpaired) electrons. The average Bonchev–Trinajstić information content (AvgIpc) is 1.68. The number of aromatic nitrogens is 1. The van der Waals surface area contributed by atoms with Crippen molar-refractivity contribution in [2.75, 3.05) is 9.80 Å². The molecular weight excluding hydrogens is 1120 g/mol. The molecule has 0 saturated heterocycles. The first kappa shape index (κ1) is 53.6. The minimum atomic E-state index is -0.156. The van der Waals surface area contributed by atoms with Crippen molar-refractivity contribution in [1.82, 2.24) is 4.57 Å². The molecule has 0 bridgehead atoms. The summed E-state index contributed by atoms with van der Waals surface area (Å²) in [5, 5.41) is 11.4. The Bertz CT molecular complexity index is 5560. The summed E-state index contributed by atoms with van der Waals surface area (Å²) >= 11 is 1.96. The first-order valence-corrected chi connectivity index (χ1v) is 32.8. The van der Waals surface area contributed by atoms with Gasteiger partial charge in [0.25, 0.3) is 6.71 Å². The highest BCUT2D eigenvalue weighted by molar-refractivity contribution is 7.33. The molecule has 16 aromatic rings. The van der Waals surface area contributed by atoms with Crippen molar-refractivity contribution in [1.29, 1.82) is 0 Å². The number of para-hydroxylation sites is 2. The maximum atomic E-state index is 2.68. The van der Waals surface area contributed by atoms with Crippen LogP contribution in [0, 0.1) is 0 Å². The van der Waals surface area contributed by atoms with Crippen LogP contribution in [0.5, 0.6) is 0 Å². The molecule has 0 N–H and O–H groups in total. The van der Waals surface area contributed by atoms with Crippen molar-refractivity contribution < 1.29 is 0 Å². The van der Waals surface area contributed by atoms with E-state index in [1.807, 2.05) is 11.3 Å². The molecule has 2 aromatic heterocycles. The standard InChI is InChI=1S/C86H64BN3S/c1-85(2,3)60-38-41-62(42-39-60)89-77-51-63(88-73-30-17-15-28-67(73)68-29-16-18-31-74(68)88)52-78-82(77)87(84-83(89)71-48-58(37-47-79(71)91-84)53-20-9-7-10-21-53)72-49-59(65-27-14-13-26-64(65)54-22-11-8-12-23-54)36-45-76(72)90(78)75-46-40-61(86(4,5)6)50-70(75)66-43-34-57-33-32-55-24-19-25-56-35-44-69(66)81(57)80(55)56/h7-52H,1-6H3. The van der Waals surface area contributed by atoms with Crippen LogP contribution in [0.1, 0.15) is 52.7 Å². The van der Waals surface area contributed by atoms with Gasteiger partial charge in [0.05, 0.1) is 28.1 Å². The number of hydrogen-bond acceptors (Lipinski definition) is 3. The highest BCUT2D eigenvalue weighted by atomic mass is 32.1. The van der Waals surface area contributed by atoms with E-state index in [1.165, 1.54) is 153 Å². The van der Waals surface area contributed by atoms with Crippen LogP contribution >= 0.6 is 11.3 Å². The first-order valence-electron chi connectivity index (χ1n) is 32.0. The van der Waals surface area contributed by atoms with E-state index < -0.39 is 0 Å². The number of hydrogen-bond donors (Lipinski definition) is 0.